The first-order chi connectivity index (χ1) is 11.1. The Morgan fingerprint density at radius 3 is 2.67 bits per heavy atom. The molecule has 5 nitrogen and oxygen atoms in total. The van der Waals surface area contributed by atoms with Gasteiger partial charge in [-0.15, -0.1) is 24.0 Å². The van der Waals surface area contributed by atoms with Crippen LogP contribution in [-0.2, 0) is 4.74 Å². The molecule has 3 N–H and O–H groups in total. The van der Waals surface area contributed by atoms with E-state index in [9.17, 15) is 5.11 Å². The van der Waals surface area contributed by atoms with Crippen LogP contribution in [0.25, 0.3) is 0 Å². The Labute approximate surface area is 167 Å². The zero-order valence-electron chi connectivity index (χ0n) is 14.8. The summed E-state index contributed by atoms with van der Waals surface area (Å²) in [7, 11) is 1.81. The standard InChI is InChI=1S/C17H31N3O2S.HI/c1-3-22-14-10-13(17(14)6-4-5-7-17)20-15(18-2)19-11-16(21)8-9-23-12-16;/h13-14,21H,3-12H2,1-2H3,(H2,18,19,20);1H. The Hall–Kier alpha value is 0.270. The number of aliphatic hydroxyl groups is 1. The second-order valence-electron chi connectivity index (χ2n) is 7.27. The first kappa shape index (κ1) is 20.6. The van der Waals surface area contributed by atoms with E-state index >= 15 is 0 Å². The van der Waals surface area contributed by atoms with Crippen molar-refractivity contribution in [3.05, 3.63) is 0 Å². The zero-order chi connectivity index (χ0) is 16.3. The molecule has 0 radical (unpaired) electrons. The third kappa shape index (κ3) is 4.15. The van der Waals surface area contributed by atoms with Gasteiger partial charge in [0.05, 0.1) is 11.7 Å². The van der Waals surface area contributed by atoms with Gasteiger partial charge in [0.2, 0.25) is 0 Å². The van der Waals surface area contributed by atoms with Crippen LogP contribution in [0.5, 0.6) is 0 Å². The van der Waals surface area contributed by atoms with Crippen molar-refractivity contribution in [2.75, 3.05) is 31.7 Å². The lowest BCUT2D eigenvalue weighted by Crippen LogP contribution is -2.65. The third-order valence-electron chi connectivity index (χ3n) is 5.89. The molecular weight excluding hydrogens is 437 g/mol. The maximum atomic E-state index is 10.5. The normalized spacial score (nSPS) is 34.7. The first-order valence-corrected chi connectivity index (χ1v) is 10.2. The highest BCUT2D eigenvalue weighted by Gasteiger charge is 2.57. The molecule has 0 bridgehead atoms. The lowest BCUT2D eigenvalue weighted by atomic mass is 9.60. The van der Waals surface area contributed by atoms with Crippen LogP contribution in [-0.4, -0.2) is 60.5 Å². The Morgan fingerprint density at radius 1 is 1.33 bits per heavy atom. The molecule has 3 rings (SSSR count). The average Bonchev–Trinajstić information content (AvgIpc) is 3.20. The predicted molar refractivity (Wildman–Crippen MR) is 112 cm³/mol. The van der Waals surface area contributed by atoms with Gasteiger partial charge >= 0.3 is 0 Å². The minimum absolute atomic E-state index is 0. The number of guanidine groups is 1. The van der Waals surface area contributed by atoms with Crippen molar-refractivity contribution in [1.29, 1.82) is 0 Å². The van der Waals surface area contributed by atoms with Crippen LogP contribution in [0.4, 0.5) is 0 Å². The number of thioether (sulfide) groups is 1. The van der Waals surface area contributed by atoms with E-state index in [1.54, 1.807) is 0 Å². The van der Waals surface area contributed by atoms with Gasteiger partial charge in [-0.2, -0.15) is 11.8 Å². The van der Waals surface area contributed by atoms with Crippen LogP contribution in [0.1, 0.15) is 45.4 Å². The maximum Gasteiger partial charge on any atom is 0.191 e. The minimum atomic E-state index is -0.583. The summed E-state index contributed by atoms with van der Waals surface area (Å²) in [4.78, 5) is 4.36. The van der Waals surface area contributed by atoms with Crippen molar-refractivity contribution in [2.24, 2.45) is 10.4 Å². The fraction of sp³-hybridized carbons (Fsp3) is 0.941. The summed E-state index contributed by atoms with van der Waals surface area (Å²) in [5.41, 5.74) is -0.283. The molecule has 1 saturated heterocycles. The van der Waals surface area contributed by atoms with E-state index in [4.69, 9.17) is 4.74 Å². The molecule has 0 aromatic heterocycles. The molecule has 2 saturated carbocycles. The number of halogens is 1. The molecule has 1 heterocycles. The van der Waals surface area contributed by atoms with Crippen molar-refractivity contribution >= 4 is 41.7 Å². The largest absolute Gasteiger partial charge is 0.387 e. The van der Waals surface area contributed by atoms with Crippen molar-refractivity contribution < 1.29 is 9.84 Å². The van der Waals surface area contributed by atoms with Gasteiger partial charge in [-0.1, -0.05) is 12.8 Å². The highest BCUT2D eigenvalue weighted by molar-refractivity contribution is 14.0. The quantitative estimate of drug-likeness (QED) is 0.328. The molecule has 1 spiro atoms. The smallest absolute Gasteiger partial charge is 0.191 e. The summed E-state index contributed by atoms with van der Waals surface area (Å²) in [6.45, 7) is 3.47. The Bertz CT molecular complexity index is 438. The summed E-state index contributed by atoms with van der Waals surface area (Å²) in [6.07, 6.45) is 7.46. The molecule has 3 atom stereocenters. The van der Waals surface area contributed by atoms with Gasteiger partial charge in [-0.25, -0.2) is 0 Å². The van der Waals surface area contributed by atoms with Crippen LogP contribution in [0.2, 0.25) is 0 Å². The molecule has 3 unspecified atom stereocenters. The maximum absolute atomic E-state index is 10.5. The first-order valence-electron chi connectivity index (χ1n) is 9.01. The highest BCUT2D eigenvalue weighted by Crippen LogP contribution is 2.54. The van der Waals surface area contributed by atoms with Gasteiger partial charge in [0.1, 0.15) is 0 Å². The van der Waals surface area contributed by atoms with Gasteiger partial charge in [-0.05, 0) is 38.4 Å². The summed E-state index contributed by atoms with van der Waals surface area (Å²) < 4.78 is 5.98. The van der Waals surface area contributed by atoms with E-state index in [1.165, 1.54) is 25.7 Å². The molecular formula is C17H32IN3O2S. The second-order valence-corrected chi connectivity index (χ2v) is 8.37. The molecule has 3 fully saturated rings. The summed E-state index contributed by atoms with van der Waals surface area (Å²) >= 11 is 1.82. The van der Waals surface area contributed by atoms with Crippen molar-refractivity contribution in [3.8, 4) is 0 Å². The Kier molecular flexibility index (Phi) is 7.52. The van der Waals surface area contributed by atoms with E-state index in [-0.39, 0.29) is 24.0 Å². The van der Waals surface area contributed by atoms with Crippen LogP contribution < -0.4 is 10.6 Å². The van der Waals surface area contributed by atoms with E-state index in [0.717, 1.165) is 36.9 Å². The molecule has 7 heteroatoms. The predicted octanol–water partition coefficient (Wildman–Crippen LogP) is 2.38. The molecule has 0 aromatic rings. The van der Waals surface area contributed by atoms with E-state index in [0.29, 0.717) is 24.1 Å². The summed E-state index contributed by atoms with van der Waals surface area (Å²) in [5, 5.41) is 17.4. The topological polar surface area (TPSA) is 65.9 Å². The van der Waals surface area contributed by atoms with Crippen molar-refractivity contribution in [1.82, 2.24) is 10.6 Å². The molecule has 0 amide bonds. The number of aliphatic imine (C=N–C) groups is 1. The van der Waals surface area contributed by atoms with E-state index in [2.05, 4.69) is 22.5 Å². The van der Waals surface area contributed by atoms with Gasteiger partial charge in [-0.3, -0.25) is 4.99 Å². The Balaban J connectivity index is 0.00000208. The number of nitrogens with one attached hydrogen (secondary N) is 2. The van der Waals surface area contributed by atoms with Crippen LogP contribution in [0.3, 0.4) is 0 Å². The number of hydrogen-bond acceptors (Lipinski definition) is 4. The van der Waals surface area contributed by atoms with Crippen LogP contribution in [0.15, 0.2) is 4.99 Å². The SMILES string of the molecule is CCOC1CC(NC(=NC)NCC2(O)CCSC2)C12CCCC2.I. The Morgan fingerprint density at radius 2 is 2.08 bits per heavy atom. The molecule has 140 valence electrons. The van der Waals surface area contributed by atoms with Gasteiger partial charge in [0, 0.05) is 37.4 Å². The van der Waals surface area contributed by atoms with Crippen LogP contribution >= 0.6 is 35.7 Å². The lowest BCUT2D eigenvalue weighted by molar-refractivity contribution is -0.125. The molecule has 1 aliphatic heterocycles. The van der Waals surface area contributed by atoms with E-state index in [1.807, 2.05) is 18.8 Å². The van der Waals surface area contributed by atoms with Crippen molar-refractivity contribution in [2.45, 2.75) is 63.2 Å². The lowest BCUT2D eigenvalue weighted by Gasteiger charge is -2.54. The zero-order valence-corrected chi connectivity index (χ0v) is 18.0. The average molecular weight is 469 g/mol. The molecule has 0 aromatic carbocycles. The van der Waals surface area contributed by atoms with Gasteiger partial charge in [0.25, 0.3) is 0 Å². The summed E-state index contributed by atoms with van der Waals surface area (Å²) in [6, 6.07) is 0.445. The monoisotopic (exact) mass is 469 g/mol. The van der Waals surface area contributed by atoms with Gasteiger partial charge < -0.3 is 20.5 Å². The minimum Gasteiger partial charge on any atom is -0.387 e. The fourth-order valence-corrected chi connectivity index (χ4v) is 5.73. The molecule has 3 aliphatic rings. The highest BCUT2D eigenvalue weighted by atomic mass is 127. The second kappa shape index (κ2) is 8.77. The van der Waals surface area contributed by atoms with Crippen LogP contribution in [0, 0.1) is 5.41 Å². The third-order valence-corrected chi connectivity index (χ3v) is 7.12. The van der Waals surface area contributed by atoms with E-state index < -0.39 is 5.60 Å². The van der Waals surface area contributed by atoms with Crippen molar-refractivity contribution in [3.63, 3.8) is 0 Å². The number of hydrogen-bond donors (Lipinski definition) is 3. The fourth-order valence-electron chi connectivity index (χ4n) is 4.43. The molecule has 24 heavy (non-hydrogen) atoms. The molecule has 2 aliphatic carbocycles. The number of rotatable bonds is 5. The number of ether oxygens (including phenoxy) is 1. The summed E-state index contributed by atoms with van der Waals surface area (Å²) in [5.74, 6) is 2.68. The number of nitrogens with zero attached hydrogens (tertiary/aromatic N) is 1. The van der Waals surface area contributed by atoms with Gasteiger partial charge in [0.15, 0.2) is 5.96 Å².